The van der Waals surface area contributed by atoms with E-state index in [1.807, 2.05) is 0 Å². The Morgan fingerprint density at radius 2 is 1.80 bits per heavy atom. The van der Waals surface area contributed by atoms with E-state index in [0.717, 1.165) is 19.3 Å². The van der Waals surface area contributed by atoms with Gasteiger partial charge in [-0.05, 0) is 12.8 Å². The van der Waals surface area contributed by atoms with Gasteiger partial charge in [-0.2, -0.15) is 13.2 Å². The summed E-state index contributed by atoms with van der Waals surface area (Å²) in [4.78, 5) is 0. The van der Waals surface area contributed by atoms with Crippen LogP contribution in [0.25, 0.3) is 0 Å². The lowest BCUT2D eigenvalue weighted by Crippen LogP contribution is -2.25. The van der Waals surface area contributed by atoms with E-state index in [0.29, 0.717) is 3.92 Å². The Labute approximate surface area is 102 Å². The molecule has 0 aromatic carbocycles. The van der Waals surface area contributed by atoms with Crippen LogP contribution in [0.4, 0.5) is 13.2 Å². The molecule has 1 nitrogen and oxygen atoms in total. The lowest BCUT2D eigenvalue weighted by atomic mass is 10.1. The van der Waals surface area contributed by atoms with Crippen molar-refractivity contribution in [2.45, 2.75) is 54.7 Å². The van der Waals surface area contributed by atoms with Crippen LogP contribution in [-0.2, 0) is 4.74 Å². The standard InChI is InChI=1S/C10H16F3IO/c11-10(12,13)6-7-15-9-5-3-1-2-4-8(9)14/h8-9H,1-7H2. The average Bonchev–Trinajstić information content (AvgIpc) is 2.30. The van der Waals surface area contributed by atoms with E-state index in [4.69, 9.17) is 4.74 Å². The maximum absolute atomic E-state index is 11.9. The number of ether oxygens (including phenoxy) is 1. The summed E-state index contributed by atoms with van der Waals surface area (Å²) < 4.78 is 41.4. The first-order chi connectivity index (χ1) is 6.99. The third-order valence-electron chi connectivity index (χ3n) is 2.59. The molecule has 0 bridgehead atoms. The summed E-state index contributed by atoms with van der Waals surface area (Å²) in [6.45, 7) is -0.187. The molecule has 0 aliphatic heterocycles. The maximum Gasteiger partial charge on any atom is 0.391 e. The fourth-order valence-electron chi connectivity index (χ4n) is 1.74. The van der Waals surface area contributed by atoms with Gasteiger partial charge in [-0.3, -0.25) is 0 Å². The Kier molecular flexibility index (Phi) is 5.66. The Balaban J connectivity index is 2.23. The summed E-state index contributed by atoms with van der Waals surface area (Å²) in [6.07, 6.45) is 0.512. The third-order valence-corrected chi connectivity index (χ3v) is 4.01. The molecule has 0 spiro atoms. The molecule has 2 unspecified atom stereocenters. The summed E-state index contributed by atoms with van der Waals surface area (Å²) in [5.74, 6) is 0. The van der Waals surface area contributed by atoms with Crippen LogP contribution >= 0.6 is 22.6 Å². The van der Waals surface area contributed by atoms with Crippen LogP contribution < -0.4 is 0 Å². The predicted molar refractivity (Wildman–Crippen MR) is 61.3 cm³/mol. The minimum Gasteiger partial charge on any atom is -0.377 e. The van der Waals surface area contributed by atoms with Gasteiger partial charge in [-0.15, -0.1) is 0 Å². The Morgan fingerprint density at radius 3 is 2.47 bits per heavy atom. The number of halogens is 4. The van der Waals surface area contributed by atoms with Crippen molar-refractivity contribution >= 4 is 22.6 Å². The molecule has 0 amide bonds. The molecule has 1 saturated carbocycles. The summed E-state index contributed by atoms with van der Waals surface area (Å²) in [6, 6.07) is 0. The van der Waals surface area contributed by atoms with Gasteiger partial charge in [0.05, 0.1) is 19.1 Å². The largest absolute Gasteiger partial charge is 0.391 e. The minimum atomic E-state index is -4.09. The third kappa shape index (κ3) is 5.94. The molecular formula is C10H16F3IO. The smallest absolute Gasteiger partial charge is 0.377 e. The number of alkyl halides is 4. The van der Waals surface area contributed by atoms with Gasteiger partial charge in [0.2, 0.25) is 0 Å². The van der Waals surface area contributed by atoms with E-state index in [1.54, 1.807) is 0 Å². The molecule has 5 heteroatoms. The van der Waals surface area contributed by atoms with Crippen LogP contribution in [0.2, 0.25) is 0 Å². The molecule has 15 heavy (non-hydrogen) atoms. The first kappa shape index (κ1) is 13.5. The summed E-state index contributed by atoms with van der Waals surface area (Å²) in [7, 11) is 0. The maximum atomic E-state index is 11.9. The van der Waals surface area contributed by atoms with E-state index in [-0.39, 0.29) is 12.7 Å². The molecule has 90 valence electrons. The van der Waals surface area contributed by atoms with Crippen LogP contribution in [0.5, 0.6) is 0 Å². The lowest BCUT2D eigenvalue weighted by molar-refractivity contribution is -0.149. The van der Waals surface area contributed by atoms with Crippen molar-refractivity contribution in [3.05, 3.63) is 0 Å². The molecule has 0 saturated heterocycles. The second-order valence-corrected chi connectivity index (χ2v) is 5.53. The highest BCUT2D eigenvalue weighted by Gasteiger charge is 2.28. The minimum absolute atomic E-state index is 0.0236. The Hall–Kier alpha value is 0.480. The van der Waals surface area contributed by atoms with Crippen LogP contribution in [0.1, 0.15) is 38.5 Å². The molecule has 0 radical (unpaired) electrons. The second kappa shape index (κ2) is 6.27. The molecule has 2 atom stereocenters. The van der Waals surface area contributed by atoms with Gasteiger partial charge in [0.1, 0.15) is 0 Å². The molecule has 1 aliphatic carbocycles. The van der Waals surface area contributed by atoms with Gasteiger partial charge >= 0.3 is 6.18 Å². The van der Waals surface area contributed by atoms with Gasteiger partial charge in [0, 0.05) is 3.92 Å². The molecule has 1 aliphatic rings. The van der Waals surface area contributed by atoms with Gasteiger partial charge < -0.3 is 4.74 Å². The Morgan fingerprint density at radius 1 is 1.13 bits per heavy atom. The number of hydrogen-bond acceptors (Lipinski definition) is 1. The molecule has 0 N–H and O–H groups in total. The van der Waals surface area contributed by atoms with Gasteiger partial charge in [0.15, 0.2) is 0 Å². The average molecular weight is 336 g/mol. The van der Waals surface area contributed by atoms with Gasteiger partial charge in [0.25, 0.3) is 0 Å². The zero-order valence-electron chi connectivity index (χ0n) is 8.52. The SMILES string of the molecule is FC(F)(F)CCOC1CCCCCC1I. The van der Waals surface area contributed by atoms with E-state index in [1.165, 1.54) is 12.8 Å². The van der Waals surface area contributed by atoms with E-state index >= 15 is 0 Å². The van der Waals surface area contributed by atoms with Crippen LogP contribution in [0.3, 0.4) is 0 Å². The molecule has 0 heterocycles. The Bertz CT molecular complexity index is 184. The van der Waals surface area contributed by atoms with Crippen molar-refractivity contribution in [3.63, 3.8) is 0 Å². The fraction of sp³-hybridized carbons (Fsp3) is 1.00. The van der Waals surface area contributed by atoms with Gasteiger partial charge in [-0.1, -0.05) is 41.9 Å². The van der Waals surface area contributed by atoms with Crippen molar-refractivity contribution in [2.24, 2.45) is 0 Å². The predicted octanol–water partition coefficient (Wildman–Crippen LogP) is 4.09. The van der Waals surface area contributed by atoms with Crippen LogP contribution in [-0.4, -0.2) is 22.8 Å². The van der Waals surface area contributed by atoms with E-state index in [2.05, 4.69) is 22.6 Å². The van der Waals surface area contributed by atoms with E-state index < -0.39 is 12.6 Å². The first-order valence-electron chi connectivity index (χ1n) is 5.31. The topological polar surface area (TPSA) is 9.23 Å². The molecule has 1 fully saturated rings. The highest BCUT2D eigenvalue weighted by Crippen LogP contribution is 2.27. The second-order valence-electron chi connectivity index (χ2n) is 3.93. The fourth-order valence-corrected chi connectivity index (χ4v) is 2.75. The summed E-state index contributed by atoms with van der Waals surface area (Å²) >= 11 is 2.30. The van der Waals surface area contributed by atoms with E-state index in [9.17, 15) is 13.2 Å². The molecule has 1 rings (SSSR count). The first-order valence-corrected chi connectivity index (χ1v) is 6.56. The lowest BCUT2D eigenvalue weighted by Gasteiger charge is -2.20. The quantitative estimate of drug-likeness (QED) is 0.429. The summed E-state index contributed by atoms with van der Waals surface area (Å²) in [5, 5.41) is 0. The molecule has 0 aromatic heterocycles. The highest BCUT2D eigenvalue weighted by molar-refractivity contribution is 14.1. The zero-order chi connectivity index (χ0) is 11.3. The molecule has 0 aromatic rings. The van der Waals surface area contributed by atoms with Crippen molar-refractivity contribution in [3.8, 4) is 0 Å². The van der Waals surface area contributed by atoms with Gasteiger partial charge in [-0.25, -0.2) is 0 Å². The van der Waals surface area contributed by atoms with Crippen molar-refractivity contribution < 1.29 is 17.9 Å². The van der Waals surface area contributed by atoms with Crippen LogP contribution in [0, 0.1) is 0 Å². The summed E-state index contributed by atoms with van der Waals surface area (Å²) in [5.41, 5.74) is 0. The number of hydrogen-bond donors (Lipinski definition) is 0. The van der Waals surface area contributed by atoms with Crippen molar-refractivity contribution in [1.82, 2.24) is 0 Å². The molecular weight excluding hydrogens is 320 g/mol. The monoisotopic (exact) mass is 336 g/mol. The number of rotatable bonds is 3. The normalized spacial score (nSPS) is 28.8. The van der Waals surface area contributed by atoms with Crippen molar-refractivity contribution in [1.29, 1.82) is 0 Å². The highest BCUT2D eigenvalue weighted by atomic mass is 127. The van der Waals surface area contributed by atoms with Crippen LogP contribution in [0.15, 0.2) is 0 Å². The van der Waals surface area contributed by atoms with Crippen molar-refractivity contribution in [2.75, 3.05) is 6.61 Å². The zero-order valence-corrected chi connectivity index (χ0v) is 10.7.